The number of nitrogens with one attached hydrogen (secondary N) is 1. The zero-order valence-corrected chi connectivity index (χ0v) is 12.0. The lowest BCUT2D eigenvalue weighted by molar-refractivity contribution is 0.317. The van der Waals surface area contributed by atoms with E-state index < -0.39 is 0 Å². The van der Waals surface area contributed by atoms with Crippen LogP contribution in [0.25, 0.3) is 6.08 Å². The zero-order valence-electron chi connectivity index (χ0n) is 12.0. The van der Waals surface area contributed by atoms with E-state index in [-0.39, 0.29) is 0 Å². The molecule has 0 aliphatic heterocycles. The average Bonchev–Trinajstić information content (AvgIpc) is 2.35. The Morgan fingerprint density at radius 3 is 2.50 bits per heavy atom. The van der Waals surface area contributed by atoms with Crippen LogP contribution in [-0.4, -0.2) is 19.2 Å². The van der Waals surface area contributed by atoms with Gasteiger partial charge in [0, 0.05) is 12.6 Å². The first-order valence-electron chi connectivity index (χ1n) is 6.75. The fraction of sp³-hybridized carbons (Fsp3) is 0.500. The van der Waals surface area contributed by atoms with E-state index in [0.717, 1.165) is 25.3 Å². The molecule has 0 fully saturated rings. The Morgan fingerprint density at radius 1 is 1.28 bits per heavy atom. The molecular weight excluding hydrogens is 222 g/mol. The highest BCUT2D eigenvalue weighted by molar-refractivity contribution is 5.53. The predicted molar refractivity (Wildman–Crippen MR) is 79.0 cm³/mol. The van der Waals surface area contributed by atoms with E-state index in [1.165, 1.54) is 11.1 Å². The first-order chi connectivity index (χ1) is 8.61. The van der Waals surface area contributed by atoms with E-state index in [4.69, 9.17) is 4.74 Å². The van der Waals surface area contributed by atoms with Crippen molar-refractivity contribution in [3.05, 3.63) is 35.4 Å². The summed E-state index contributed by atoms with van der Waals surface area (Å²) in [6.07, 6.45) is 3.25. The molecule has 0 aliphatic carbocycles. The van der Waals surface area contributed by atoms with Gasteiger partial charge in [0.25, 0.3) is 0 Å². The molecule has 0 heterocycles. The summed E-state index contributed by atoms with van der Waals surface area (Å²) < 4.78 is 5.56. The van der Waals surface area contributed by atoms with Gasteiger partial charge in [-0.1, -0.05) is 44.6 Å². The van der Waals surface area contributed by atoms with Crippen LogP contribution in [0.4, 0.5) is 0 Å². The molecule has 1 N–H and O–H groups in total. The fourth-order valence-corrected chi connectivity index (χ4v) is 1.58. The van der Waals surface area contributed by atoms with Crippen molar-refractivity contribution in [2.75, 3.05) is 13.2 Å². The summed E-state index contributed by atoms with van der Waals surface area (Å²) in [4.78, 5) is 0. The second-order valence-electron chi connectivity index (χ2n) is 4.94. The Hall–Kier alpha value is -1.28. The molecule has 0 saturated carbocycles. The summed E-state index contributed by atoms with van der Waals surface area (Å²) in [5.41, 5.74) is 2.56. The van der Waals surface area contributed by atoms with E-state index >= 15 is 0 Å². The molecule has 0 aromatic heterocycles. The molecule has 0 amide bonds. The van der Waals surface area contributed by atoms with Gasteiger partial charge in [0.2, 0.25) is 0 Å². The SMILES string of the molecule is CCCOc1ccc(C=C(C)CNC(C)C)cc1. The van der Waals surface area contributed by atoms with Crippen molar-refractivity contribution in [3.8, 4) is 5.75 Å². The van der Waals surface area contributed by atoms with Gasteiger partial charge < -0.3 is 10.1 Å². The molecular formula is C16H25NO. The monoisotopic (exact) mass is 247 g/mol. The van der Waals surface area contributed by atoms with Crippen molar-refractivity contribution < 1.29 is 4.74 Å². The summed E-state index contributed by atoms with van der Waals surface area (Å²) >= 11 is 0. The summed E-state index contributed by atoms with van der Waals surface area (Å²) in [7, 11) is 0. The number of benzene rings is 1. The minimum atomic E-state index is 0.526. The lowest BCUT2D eigenvalue weighted by atomic mass is 10.1. The van der Waals surface area contributed by atoms with Crippen molar-refractivity contribution in [2.24, 2.45) is 0 Å². The van der Waals surface area contributed by atoms with Crippen molar-refractivity contribution in [3.63, 3.8) is 0 Å². The van der Waals surface area contributed by atoms with E-state index in [1.807, 2.05) is 12.1 Å². The molecule has 18 heavy (non-hydrogen) atoms. The van der Waals surface area contributed by atoms with E-state index in [1.54, 1.807) is 0 Å². The van der Waals surface area contributed by atoms with Crippen molar-refractivity contribution in [1.29, 1.82) is 0 Å². The topological polar surface area (TPSA) is 21.3 Å². The smallest absolute Gasteiger partial charge is 0.119 e. The van der Waals surface area contributed by atoms with Gasteiger partial charge in [-0.3, -0.25) is 0 Å². The van der Waals surface area contributed by atoms with Gasteiger partial charge in [-0.25, -0.2) is 0 Å². The molecule has 0 unspecified atom stereocenters. The molecule has 1 aromatic carbocycles. The first kappa shape index (κ1) is 14.8. The van der Waals surface area contributed by atoms with Crippen LogP contribution >= 0.6 is 0 Å². The fourth-order valence-electron chi connectivity index (χ4n) is 1.58. The molecule has 0 spiro atoms. The quantitative estimate of drug-likeness (QED) is 0.789. The maximum absolute atomic E-state index is 5.56. The normalized spacial score (nSPS) is 11.9. The standard InChI is InChI=1S/C16H25NO/c1-5-10-18-16-8-6-15(7-9-16)11-14(4)12-17-13(2)3/h6-9,11,13,17H,5,10,12H2,1-4H3. The van der Waals surface area contributed by atoms with Crippen LogP contribution in [0.3, 0.4) is 0 Å². The van der Waals surface area contributed by atoms with Crippen LogP contribution in [0, 0.1) is 0 Å². The second kappa shape index (κ2) is 7.93. The van der Waals surface area contributed by atoms with Gasteiger partial charge in [0.05, 0.1) is 6.61 Å². The average molecular weight is 247 g/mol. The third-order valence-corrected chi connectivity index (χ3v) is 2.56. The number of hydrogen-bond donors (Lipinski definition) is 1. The molecule has 0 atom stereocenters. The molecule has 0 saturated heterocycles. The maximum atomic E-state index is 5.56. The summed E-state index contributed by atoms with van der Waals surface area (Å²) in [5.74, 6) is 0.951. The van der Waals surface area contributed by atoms with E-state index in [0.29, 0.717) is 6.04 Å². The third-order valence-electron chi connectivity index (χ3n) is 2.56. The van der Waals surface area contributed by atoms with Crippen molar-refractivity contribution in [1.82, 2.24) is 5.32 Å². The van der Waals surface area contributed by atoms with Crippen LogP contribution in [-0.2, 0) is 0 Å². The van der Waals surface area contributed by atoms with Crippen LogP contribution in [0.5, 0.6) is 5.75 Å². The molecule has 1 rings (SSSR count). The van der Waals surface area contributed by atoms with Crippen LogP contribution in [0.2, 0.25) is 0 Å². The molecule has 1 aromatic rings. The highest BCUT2D eigenvalue weighted by atomic mass is 16.5. The zero-order chi connectivity index (χ0) is 13.4. The minimum absolute atomic E-state index is 0.526. The molecule has 0 aliphatic rings. The Balaban J connectivity index is 2.53. The summed E-state index contributed by atoms with van der Waals surface area (Å²) in [6.45, 7) is 10.3. The Morgan fingerprint density at radius 2 is 1.94 bits per heavy atom. The van der Waals surface area contributed by atoms with Gasteiger partial charge in [-0.2, -0.15) is 0 Å². The molecule has 0 bridgehead atoms. The second-order valence-corrected chi connectivity index (χ2v) is 4.94. The number of rotatable bonds is 7. The Kier molecular flexibility index (Phi) is 6.51. The molecule has 2 heteroatoms. The minimum Gasteiger partial charge on any atom is -0.494 e. The summed E-state index contributed by atoms with van der Waals surface area (Å²) in [5, 5.41) is 3.41. The van der Waals surface area contributed by atoms with E-state index in [9.17, 15) is 0 Å². The van der Waals surface area contributed by atoms with Crippen LogP contribution < -0.4 is 10.1 Å². The van der Waals surface area contributed by atoms with Crippen LogP contribution in [0.15, 0.2) is 29.8 Å². The van der Waals surface area contributed by atoms with E-state index in [2.05, 4.69) is 51.2 Å². The lowest BCUT2D eigenvalue weighted by Gasteiger charge is -2.08. The maximum Gasteiger partial charge on any atom is 0.119 e. The lowest BCUT2D eigenvalue weighted by Crippen LogP contribution is -2.24. The largest absolute Gasteiger partial charge is 0.494 e. The number of ether oxygens (including phenoxy) is 1. The Bertz CT molecular complexity index is 365. The molecule has 2 nitrogen and oxygen atoms in total. The highest BCUT2D eigenvalue weighted by Crippen LogP contribution is 2.14. The third kappa shape index (κ3) is 5.87. The predicted octanol–water partition coefficient (Wildman–Crippen LogP) is 3.88. The van der Waals surface area contributed by atoms with Crippen molar-refractivity contribution in [2.45, 2.75) is 40.2 Å². The number of hydrogen-bond acceptors (Lipinski definition) is 2. The van der Waals surface area contributed by atoms with Gasteiger partial charge in [0.1, 0.15) is 5.75 Å². The van der Waals surface area contributed by atoms with Gasteiger partial charge in [-0.15, -0.1) is 0 Å². The first-order valence-corrected chi connectivity index (χ1v) is 6.75. The Labute approximate surface area is 111 Å². The summed E-state index contributed by atoms with van der Waals surface area (Å²) in [6, 6.07) is 8.79. The highest BCUT2D eigenvalue weighted by Gasteiger charge is 1.96. The van der Waals surface area contributed by atoms with Crippen molar-refractivity contribution >= 4 is 6.08 Å². The van der Waals surface area contributed by atoms with Gasteiger partial charge in [-0.05, 0) is 31.0 Å². The van der Waals surface area contributed by atoms with Gasteiger partial charge >= 0.3 is 0 Å². The van der Waals surface area contributed by atoms with Gasteiger partial charge in [0.15, 0.2) is 0 Å². The molecule has 0 radical (unpaired) electrons. The van der Waals surface area contributed by atoms with Crippen LogP contribution in [0.1, 0.15) is 39.7 Å². The molecule has 100 valence electrons.